The predicted octanol–water partition coefficient (Wildman–Crippen LogP) is 2.71. The van der Waals surface area contributed by atoms with Crippen molar-refractivity contribution in [3.05, 3.63) is 42.5 Å². The van der Waals surface area contributed by atoms with Gasteiger partial charge in [-0.2, -0.15) is 0 Å². The van der Waals surface area contributed by atoms with Gasteiger partial charge in [-0.3, -0.25) is 0 Å². The number of unbranched alkanes of at least 4 members (excludes halogenated alkanes) is 1. The maximum Gasteiger partial charge on any atom is 0.178 e. The number of aryl methyl sites for hydroxylation is 1. The normalized spacial score (nSPS) is 11.4. The summed E-state index contributed by atoms with van der Waals surface area (Å²) in [6, 6.07) is 7.05. The summed E-state index contributed by atoms with van der Waals surface area (Å²) in [5, 5.41) is 3.25. The summed E-state index contributed by atoms with van der Waals surface area (Å²) >= 11 is 0. The van der Waals surface area contributed by atoms with Gasteiger partial charge in [-0.25, -0.2) is 8.42 Å². The molecule has 4 heteroatoms. The lowest BCUT2D eigenvalue weighted by Gasteiger charge is -2.05. The van der Waals surface area contributed by atoms with Crippen molar-refractivity contribution in [1.29, 1.82) is 0 Å². The second kappa shape index (κ2) is 8.12. The first-order chi connectivity index (χ1) is 9.06. The van der Waals surface area contributed by atoms with Gasteiger partial charge >= 0.3 is 0 Å². The molecule has 19 heavy (non-hydrogen) atoms. The summed E-state index contributed by atoms with van der Waals surface area (Å²) < 4.78 is 24.1. The van der Waals surface area contributed by atoms with Crippen molar-refractivity contribution < 1.29 is 8.42 Å². The molecule has 0 aliphatic rings. The smallest absolute Gasteiger partial charge is 0.178 e. The van der Waals surface area contributed by atoms with Crippen molar-refractivity contribution >= 4 is 9.84 Å². The van der Waals surface area contributed by atoms with E-state index in [4.69, 9.17) is 0 Å². The van der Waals surface area contributed by atoms with Crippen molar-refractivity contribution in [3.63, 3.8) is 0 Å². The fraction of sp³-hybridized carbons (Fsp3) is 0.467. The van der Waals surface area contributed by atoms with E-state index >= 15 is 0 Å². The number of hydrogen-bond donors (Lipinski definition) is 1. The van der Waals surface area contributed by atoms with Gasteiger partial charge in [-0.1, -0.05) is 23.8 Å². The predicted molar refractivity (Wildman–Crippen MR) is 80.1 cm³/mol. The lowest BCUT2D eigenvalue weighted by Crippen LogP contribution is -2.17. The van der Waals surface area contributed by atoms with Gasteiger partial charge in [0.05, 0.1) is 10.6 Å². The molecule has 0 spiro atoms. The molecule has 3 nitrogen and oxygen atoms in total. The summed E-state index contributed by atoms with van der Waals surface area (Å²) in [4.78, 5) is 0.428. The van der Waals surface area contributed by atoms with Gasteiger partial charge in [0.25, 0.3) is 0 Å². The topological polar surface area (TPSA) is 46.2 Å². The van der Waals surface area contributed by atoms with Gasteiger partial charge in [0.15, 0.2) is 9.84 Å². The van der Waals surface area contributed by atoms with Crippen LogP contribution < -0.4 is 5.32 Å². The zero-order valence-corrected chi connectivity index (χ0v) is 12.4. The van der Waals surface area contributed by atoms with Gasteiger partial charge in [-0.15, -0.1) is 6.58 Å². The van der Waals surface area contributed by atoms with Crippen LogP contribution in [0.15, 0.2) is 41.8 Å². The first kappa shape index (κ1) is 15.9. The second-order valence-electron chi connectivity index (χ2n) is 4.67. The zero-order valence-electron chi connectivity index (χ0n) is 11.6. The Morgan fingerprint density at radius 2 is 1.84 bits per heavy atom. The van der Waals surface area contributed by atoms with Crippen LogP contribution in [0.25, 0.3) is 0 Å². The van der Waals surface area contributed by atoms with E-state index in [1.165, 1.54) is 0 Å². The maximum atomic E-state index is 12.0. The highest BCUT2D eigenvalue weighted by atomic mass is 32.2. The molecule has 0 amide bonds. The quantitative estimate of drug-likeness (QED) is 0.559. The molecule has 106 valence electrons. The number of hydrogen-bond acceptors (Lipinski definition) is 3. The molecule has 1 rings (SSSR count). The third kappa shape index (κ3) is 6.03. The number of benzene rings is 1. The molecule has 0 saturated heterocycles. The minimum atomic E-state index is -3.12. The monoisotopic (exact) mass is 281 g/mol. The van der Waals surface area contributed by atoms with Gasteiger partial charge in [0.2, 0.25) is 0 Å². The fourth-order valence-corrected chi connectivity index (χ4v) is 3.11. The van der Waals surface area contributed by atoms with E-state index in [2.05, 4.69) is 11.9 Å². The molecule has 0 aromatic heterocycles. The second-order valence-corrected chi connectivity index (χ2v) is 6.78. The minimum absolute atomic E-state index is 0.221. The Labute approximate surface area is 116 Å². The molecule has 0 unspecified atom stereocenters. The SMILES string of the molecule is C=CCCNCCCCS(=O)(=O)c1ccc(C)cc1. The van der Waals surface area contributed by atoms with Gasteiger partial charge < -0.3 is 5.32 Å². The molecule has 0 aliphatic carbocycles. The van der Waals surface area contributed by atoms with Gasteiger partial charge in [0.1, 0.15) is 0 Å². The Morgan fingerprint density at radius 1 is 1.16 bits per heavy atom. The summed E-state index contributed by atoms with van der Waals surface area (Å²) in [5.41, 5.74) is 1.07. The van der Waals surface area contributed by atoms with Crippen LogP contribution >= 0.6 is 0 Å². The highest BCUT2D eigenvalue weighted by Crippen LogP contribution is 2.13. The van der Waals surface area contributed by atoms with Crippen molar-refractivity contribution in [2.45, 2.75) is 31.1 Å². The molecular weight excluding hydrogens is 258 g/mol. The first-order valence-corrected chi connectivity index (χ1v) is 8.32. The van der Waals surface area contributed by atoms with E-state index in [0.717, 1.165) is 31.5 Å². The van der Waals surface area contributed by atoms with Crippen LogP contribution in [-0.2, 0) is 9.84 Å². The zero-order chi connectivity index (χ0) is 14.1. The largest absolute Gasteiger partial charge is 0.316 e. The molecule has 0 aliphatic heterocycles. The Balaban J connectivity index is 2.31. The number of sulfone groups is 1. The summed E-state index contributed by atoms with van der Waals surface area (Å²) in [7, 11) is -3.12. The maximum absolute atomic E-state index is 12.0. The Hall–Kier alpha value is -1.13. The van der Waals surface area contributed by atoms with Crippen molar-refractivity contribution in [2.24, 2.45) is 0 Å². The Morgan fingerprint density at radius 3 is 2.47 bits per heavy atom. The fourth-order valence-electron chi connectivity index (χ4n) is 1.73. The number of rotatable bonds is 9. The standard InChI is InChI=1S/C15H23NO2S/c1-3-4-11-16-12-5-6-13-19(17,18)15-9-7-14(2)8-10-15/h3,7-10,16H,1,4-6,11-13H2,2H3. The van der Waals surface area contributed by atoms with Crippen LogP contribution in [0.5, 0.6) is 0 Å². The van der Waals surface area contributed by atoms with E-state index in [1.54, 1.807) is 12.1 Å². The van der Waals surface area contributed by atoms with Gasteiger partial charge in [0, 0.05) is 0 Å². The van der Waals surface area contributed by atoms with E-state index in [1.807, 2.05) is 25.1 Å². The van der Waals surface area contributed by atoms with Crippen molar-refractivity contribution in [3.8, 4) is 0 Å². The van der Waals surface area contributed by atoms with E-state index in [-0.39, 0.29) is 5.75 Å². The molecule has 0 heterocycles. The highest BCUT2D eigenvalue weighted by molar-refractivity contribution is 7.91. The molecule has 0 fully saturated rings. The summed E-state index contributed by atoms with van der Waals surface area (Å²) in [6.07, 6.45) is 4.38. The summed E-state index contributed by atoms with van der Waals surface area (Å²) in [6.45, 7) is 7.37. The van der Waals surface area contributed by atoms with Crippen LogP contribution in [0.2, 0.25) is 0 Å². The molecule has 0 atom stereocenters. The first-order valence-electron chi connectivity index (χ1n) is 6.67. The number of nitrogens with one attached hydrogen (secondary N) is 1. The third-order valence-electron chi connectivity index (χ3n) is 2.92. The van der Waals surface area contributed by atoms with Crippen LogP contribution in [-0.4, -0.2) is 27.3 Å². The lowest BCUT2D eigenvalue weighted by molar-refractivity contribution is 0.587. The summed E-state index contributed by atoms with van der Waals surface area (Å²) in [5.74, 6) is 0.221. The molecule has 0 bridgehead atoms. The highest BCUT2D eigenvalue weighted by Gasteiger charge is 2.13. The van der Waals surface area contributed by atoms with Crippen molar-refractivity contribution in [2.75, 3.05) is 18.8 Å². The van der Waals surface area contributed by atoms with Gasteiger partial charge in [-0.05, 0) is 51.4 Å². The minimum Gasteiger partial charge on any atom is -0.316 e. The lowest BCUT2D eigenvalue weighted by atomic mass is 10.2. The van der Waals surface area contributed by atoms with Crippen LogP contribution in [0.4, 0.5) is 0 Å². The van der Waals surface area contributed by atoms with E-state index in [9.17, 15) is 8.42 Å². The Kier molecular flexibility index (Phi) is 6.81. The molecular formula is C15H23NO2S. The molecule has 1 N–H and O–H groups in total. The Bertz CT molecular complexity index is 477. The van der Waals surface area contributed by atoms with Crippen LogP contribution in [0.1, 0.15) is 24.8 Å². The third-order valence-corrected chi connectivity index (χ3v) is 4.74. The van der Waals surface area contributed by atoms with E-state index in [0.29, 0.717) is 11.3 Å². The van der Waals surface area contributed by atoms with Crippen molar-refractivity contribution in [1.82, 2.24) is 5.32 Å². The van der Waals surface area contributed by atoms with Crippen LogP contribution in [0, 0.1) is 6.92 Å². The molecule has 1 aromatic rings. The molecule has 1 aromatic carbocycles. The van der Waals surface area contributed by atoms with Crippen LogP contribution in [0.3, 0.4) is 0 Å². The molecule has 0 radical (unpaired) electrons. The average molecular weight is 281 g/mol. The molecule has 0 saturated carbocycles. The van der Waals surface area contributed by atoms with E-state index < -0.39 is 9.84 Å². The average Bonchev–Trinajstić information content (AvgIpc) is 2.38.